The minimum absolute atomic E-state index is 0.00715. The first kappa shape index (κ1) is 29.6. The number of aryl methyl sites for hydroxylation is 1. The second-order valence-electron chi connectivity index (χ2n) is 11.8. The van der Waals surface area contributed by atoms with Gasteiger partial charge in [0.15, 0.2) is 0 Å². The fourth-order valence-corrected chi connectivity index (χ4v) is 5.42. The Morgan fingerprint density at radius 2 is 1.78 bits per heavy atom. The van der Waals surface area contributed by atoms with Crippen molar-refractivity contribution in [3.63, 3.8) is 0 Å². The molecule has 0 saturated carbocycles. The van der Waals surface area contributed by atoms with Gasteiger partial charge in [-0.25, -0.2) is 4.79 Å². The molecule has 0 spiro atoms. The zero-order chi connectivity index (χ0) is 27.4. The van der Waals surface area contributed by atoms with Crippen LogP contribution in [-0.2, 0) is 26.2 Å². The molecule has 1 aromatic rings. The van der Waals surface area contributed by atoms with Crippen LogP contribution < -0.4 is 10.6 Å². The third-order valence-electron chi connectivity index (χ3n) is 7.60. The monoisotopic (exact) mass is 499 g/mol. The first-order valence-electron chi connectivity index (χ1n) is 12.9. The number of nitrogens with one attached hydrogen (secondary N) is 2. The van der Waals surface area contributed by atoms with Gasteiger partial charge in [-0.15, -0.1) is 0 Å². The highest BCUT2D eigenvalue weighted by Crippen LogP contribution is 2.40. The summed E-state index contributed by atoms with van der Waals surface area (Å²) in [6.45, 7) is 13.3. The predicted molar refractivity (Wildman–Crippen MR) is 144 cm³/mol. The number of nitrogens with zero attached hydrogens (tertiary/aromatic N) is 1. The van der Waals surface area contributed by atoms with Gasteiger partial charge in [0.25, 0.3) is 0 Å². The number of rotatable bonds is 9. The molecule has 1 aromatic carbocycles. The minimum Gasteiger partial charge on any atom is -0.478 e. The number of likely N-dealkylation sites (N-methyl/N-ethyl adjacent to an activating group) is 2. The molecule has 3 N–H and O–H groups in total. The van der Waals surface area contributed by atoms with Crippen LogP contribution in [0.2, 0.25) is 0 Å². The van der Waals surface area contributed by atoms with E-state index in [0.717, 1.165) is 19.3 Å². The quantitative estimate of drug-likeness (QED) is 0.448. The highest BCUT2D eigenvalue weighted by atomic mass is 16.4. The van der Waals surface area contributed by atoms with Crippen LogP contribution in [0.1, 0.15) is 72.4 Å². The molecular formula is C29H45N3O4. The molecule has 7 heteroatoms. The van der Waals surface area contributed by atoms with Crippen LogP contribution >= 0.6 is 0 Å². The van der Waals surface area contributed by atoms with Crippen molar-refractivity contribution in [1.29, 1.82) is 0 Å². The number of hydrogen-bond acceptors (Lipinski definition) is 4. The zero-order valence-corrected chi connectivity index (χ0v) is 23.4. The highest BCUT2D eigenvalue weighted by molar-refractivity contribution is 5.92. The van der Waals surface area contributed by atoms with E-state index < -0.39 is 34.9 Å². The first-order valence-corrected chi connectivity index (χ1v) is 12.9. The molecule has 0 bridgehead atoms. The molecular weight excluding hydrogens is 454 g/mol. The summed E-state index contributed by atoms with van der Waals surface area (Å²) in [6.07, 6.45) is 4.47. The van der Waals surface area contributed by atoms with Gasteiger partial charge in [-0.05, 0) is 55.7 Å². The Morgan fingerprint density at radius 1 is 1.17 bits per heavy atom. The Kier molecular flexibility index (Phi) is 9.52. The van der Waals surface area contributed by atoms with E-state index in [1.165, 1.54) is 18.1 Å². The fraction of sp³-hybridized carbons (Fsp3) is 0.621. The standard InChI is InChI=1S/C29H45N3O4/c1-18(2)22(17-19(3)27(35)36)32(9)26(34)24(28(4,5)6)31-25(33)23(30-8)29(7)16-12-14-20-13-10-11-15-21(20)29/h10-11,13,15,17-18,22-24,30H,12,14,16H2,1-9H3,(H,31,33)(H,35,36)/b19-17+/t22-,23+,24-,29?/m1/s1. The maximum absolute atomic E-state index is 13.8. The molecule has 0 saturated heterocycles. The third kappa shape index (κ3) is 6.36. The number of carboxylic acids is 1. The summed E-state index contributed by atoms with van der Waals surface area (Å²) >= 11 is 0. The number of amides is 2. The Hall–Kier alpha value is -2.67. The van der Waals surface area contributed by atoms with E-state index in [9.17, 15) is 19.5 Å². The van der Waals surface area contributed by atoms with E-state index in [2.05, 4.69) is 29.7 Å². The summed E-state index contributed by atoms with van der Waals surface area (Å²) in [4.78, 5) is 40.6. The van der Waals surface area contributed by atoms with Crippen molar-refractivity contribution in [2.45, 2.75) is 91.3 Å². The van der Waals surface area contributed by atoms with E-state index >= 15 is 0 Å². The van der Waals surface area contributed by atoms with E-state index in [1.807, 2.05) is 46.8 Å². The Balaban J connectivity index is 2.39. The van der Waals surface area contributed by atoms with Crippen molar-refractivity contribution < 1.29 is 19.5 Å². The Morgan fingerprint density at radius 3 is 2.31 bits per heavy atom. The summed E-state index contributed by atoms with van der Waals surface area (Å²) in [5.74, 6) is -1.47. The van der Waals surface area contributed by atoms with Crippen molar-refractivity contribution in [2.75, 3.05) is 14.1 Å². The van der Waals surface area contributed by atoms with Crippen molar-refractivity contribution >= 4 is 17.8 Å². The molecule has 0 radical (unpaired) electrons. The maximum Gasteiger partial charge on any atom is 0.331 e. The zero-order valence-electron chi connectivity index (χ0n) is 23.4. The smallest absolute Gasteiger partial charge is 0.331 e. The molecule has 0 fully saturated rings. The van der Waals surface area contributed by atoms with E-state index in [-0.39, 0.29) is 23.3 Å². The maximum atomic E-state index is 13.8. The molecule has 0 aromatic heterocycles. The lowest BCUT2D eigenvalue weighted by molar-refractivity contribution is -0.141. The van der Waals surface area contributed by atoms with Crippen molar-refractivity contribution in [3.8, 4) is 0 Å². The Labute approximate surface area is 216 Å². The van der Waals surface area contributed by atoms with Crippen molar-refractivity contribution in [1.82, 2.24) is 15.5 Å². The third-order valence-corrected chi connectivity index (χ3v) is 7.60. The van der Waals surface area contributed by atoms with Crippen LogP contribution in [0.3, 0.4) is 0 Å². The number of aliphatic carboxylic acids is 1. The largest absolute Gasteiger partial charge is 0.478 e. The minimum atomic E-state index is -1.01. The van der Waals surface area contributed by atoms with Gasteiger partial charge in [-0.3, -0.25) is 9.59 Å². The second-order valence-corrected chi connectivity index (χ2v) is 11.8. The van der Waals surface area contributed by atoms with Crippen molar-refractivity contribution in [3.05, 3.63) is 47.0 Å². The van der Waals surface area contributed by atoms with Crippen LogP contribution in [0.15, 0.2) is 35.9 Å². The van der Waals surface area contributed by atoms with E-state index in [0.29, 0.717) is 0 Å². The fourth-order valence-electron chi connectivity index (χ4n) is 5.42. The van der Waals surface area contributed by atoms with Gasteiger partial charge < -0.3 is 20.6 Å². The number of benzene rings is 1. The van der Waals surface area contributed by atoms with Gasteiger partial charge in [-0.2, -0.15) is 0 Å². The van der Waals surface area contributed by atoms with Gasteiger partial charge in [0.05, 0.1) is 12.1 Å². The SMILES string of the molecule is CN[C@@H](C(=O)N[C@H](C(=O)N(C)[C@H](/C=C(\C)C(=O)O)C(C)C)C(C)(C)C)C1(C)CCCc2ccccc21. The number of carbonyl (C=O) groups is 3. The molecule has 1 unspecified atom stereocenters. The summed E-state index contributed by atoms with van der Waals surface area (Å²) in [5.41, 5.74) is 1.66. The van der Waals surface area contributed by atoms with Gasteiger partial charge >= 0.3 is 5.97 Å². The molecule has 1 aliphatic rings. The van der Waals surface area contributed by atoms with Crippen LogP contribution in [0.4, 0.5) is 0 Å². The first-order chi connectivity index (χ1) is 16.6. The van der Waals surface area contributed by atoms with Gasteiger partial charge in [0.2, 0.25) is 11.8 Å². The lowest BCUT2D eigenvalue weighted by Gasteiger charge is -2.43. The molecule has 0 heterocycles. The summed E-state index contributed by atoms with van der Waals surface area (Å²) in [6, 6.07) is 6.57. The second kappa shape index (κ2) is 11.6. The Bertz CT molecular complexity index is 994. The normalized spacial score (nSPS) is 20.8. The van der Waals surface area contributed by atoms with Crippen LogP contribution in [0.25, 0.3) is 0 Å². The van der Waals surface area contributed by atoms with Gasteiger partial charge in [0.1, 0.15) is 6.04 Å². The number of fused-ring (bicyclic) bond motifs is 1. The van der Waals surface area contributed by atoms with E-state index in [1.54, 1.807) is 25.1 Å². The summed E-state index contributed by atoms with van der Waals surface area (Å²) < 4.78 is 0. The molecule has 2 amide bonds. The van der Waals surface area contributed by atoms with Crippen molar-refractivity contribution in [2.24, 2.45) is 11.3 Å². The molecule has 4 atom stereocenters. The van der Waals surface area contributed by atoms with Gasteiger partial charge in [-0.1, -0.05) is 71.9 Å². The van der Waals surface area contributed by atoms with Crippen LogP contribution in [0.5, 0.6) is 0 Å². The van der Waals surface area contributed by atoms with E-state index in [4.69, 9.17) is 0 Å². The topological polar surface area (TPSA) is 98.7 Å². The highest BCUT2D eigenvalue weighted by Gasteiger charge is 2.45. The molecule has 1 aliphatic carbocycles. The average molecular weight is 500 g/mol. The summed E-state index contributed by atoms with van der Waals surface area (Å²) in [7, 11) is 3.47. The lowest BCUT2D eigenvalue weighted by atomic mass is 9.66. The van der Waals surface area contributed by atoms with Crippen LogP contribution in [-0.4, -0.2) is 60.0 Å². The molecule has 2 rings (SSSR count). The number of hydrogen-bond donors (Lipinski definition) is 3. The molecule has 0 aliphatic heterocycles. The molecule has 7 nitrogen and oxygen atoms in total. The number of carboxylic acid groups (broad SMARTS) is 1. The summed E-state index contributed by atoms with van der Waals surface area (Å²) in [5, 5.41) is 15.7. The average Bonchev–Trinajstić information content (AvgIpc) is 2.79. The number of carbonyl (C=O) groups excluding carboxylic acids is 2. The molecule has 200 valence electrons. The predicted octanol–water partition coefficient (Wildman–Crippen LogP) is 3.91. The van der Waals surface area contributed by atoms with Gasteiger partial charge in [0, 0.05) is 18.0 Å². The lowest BCUT2D eigenvalue weighted by Crippen LogP contribution is -2.62. The van der Waals surface area contributed by atoms with Crippen LogP contribution in [0, 0.1) is 11.3 Å². The molecule has 36 heavy (non-hydrogen) atoms.